The predicted molar refractivity (Wildman–Crippen MR) is 52.8 cm³/mol. The zero-order valence-electron chi connectivity index (χ0n) is 7.24. The molecule has 0 aliphatic rings. The van der Waals surface area contributed by atoms with E-state index in [4.69, 9.17) is 0 Å². The summed E-state index contributed by atoms with van der Waals surface area (Å²) in [6.45, 7) is 3.32. The fraction of sp³-hybridized carbons (Fsp3) is 0.100. The molecule has 0 bridgehead atoms. The number of alkyl halides is 2. The van der Waals surface area contributed by atoms with E-state index in [1.54, 1.807) is 12.1 Å². The average molecular weight is 214 g/mol. The maximum atomic E-state index is 12.0. The molecule has 14 heavy (non-hydrogen) atoms. The van der Waals surface area contributed by atoms with Crippen LogP contribution in [0.5, 0.6) is 0 Å². The van der Waals surface area contributed by atoms with Gasteiger partial charge in [-0.15, -0.1) is 0 Å². The van der Waals surface area contributed by atoms with Gasteiger partial charge in [-0.2, -0.15) is 8.78 Å². The summed E-state index contributed by atoms with van der Waals surface area (Å²) in [5.74, 6) is -2.73. The fourth-order valence-corrected chi connectivity index (χ4v) is 1.50. The van der Waals surface area contributed by atoms with E-state index < -0.39 is 5.76 Å². The standard InChI is InChI=1S/C10H8F2OS/c1-2-9(13)7-4-3-5-8(6-7)14-10(11)12/h2-6,10H,1H2. The van der Waals surface area contributed by atoms with Crippen molar-refractivity contribution in [3.8, 4) is 0 Å². The van der Waals surface area contributed by atoms with Crippen molar-refractivity contribution in [2.45, 2.75) is 10.7 Å². The zero-order chi connectivity index (χ0) is 10.6. The monoisotopic (exact) mass is 214 g/mol. The molecule has 1 rings (SSSR count). The van der Waals surface area contributed by atoms with Crippen LogP contribution in [0.15, 0.2) is 41.8 Å². The van der Waals surface area contributed by atoms with Gasteiger partial charge in [0.15, 0.2) is 5.78 Å². The van der Waals surface area contributed by atoms with E-state index in [2.05, 4.69) is 6.58 Å². The third-order valence-electron chi connectivity index (χ3n) is 1.53. The molecule has 1 aromatic carbocycles. The minimum atomic E-state index is -2.47. The van der Waals surface area contributed by atoms with Gasteiger partial charge >= 0.3 is 0 Å². The first-order valence-corrected chi connectivity index (χ1v) is 4.73. The molecule has 0 fully saturated rings. The topological polar surface area (TPSA) is 17.1 Å². The highest BCUT2D eigenvalue weighted by atomic mass is 32.2. The number of halogens is 2. The summed E-state index contributed by atoms with van der Waals surface area (Å²) < 4.78 is 24.0. The number of benzene rings is 1. The van der Waals surface area contributed by atoms with Gasteiger partial charge in [-0.05, 0) is 18.2 Å². The van der Waals surface area contributed by atoms with E-state index >= 15 is 0 Å². The molecule has 0 heterocycles. The number of hydrogen-bond acceptors (Lipinski definition) is 2. The molecule has 0 radical (unpaired) electrons. The third kappa shape index (κ3) is 2.96. The number of thioether (sulfide) groups is 1. The molecule has 0 unspecified atom stereocenters. The normalized spacial score (nSPS) is 10.2. The molecular formula is C10H8F2OS. The molecule has 0 aliphatic heterocycles. The Morgan fingerprint density at radius 1 is 1.50 bits per heavy atom. The molecule has 0 saturated carbocycles. The molecule has 1 nitrogen and oxygen atoms in total. The molecule has 0 atom stereocenters. The van der Waals surface area contributed by atoms with Crippen LogP contribution in [0.3, 0.4) is 0 Å². The van der Waals surface area contributed by atoms with Gasteiger partial charge in [0.05, 0.1) is 0 Å². The number of rotatable bonds is 4. The molecule has 0 amide bonds. The Kier molecular flexibility index (Phi) is 3.83. The van der Waals surface area contributed by atoms with E-state index in [0.29, 0.717) is 22.2 Å². The largest absolute Gasteiger partial charge is 0.289 e. The molecule has 0 aromatic heterocycles. The van der Waals surface area contributed by atoms with Gasteiger partial charge in [0.2, 0.25) is 0 Å². The van der Waals surface area contributed by atoms with Crippen LogP contribution >= 0.6 is 11.8 Å². The van der Waals surface area contributed by atoms with Crippen molar-refractivity contribution in [1.29, 1.82) is 0 Å². The van der Waals surface area contributed by atoms with Gasteiger partial charge in [0.1, 0.15) is 0 Å². The minimum absolute atomic E-state index is 0.262. The van der Waals surface area contributed by atoms with Crippen molar-refractivity contribution in [2.24, 2.45) is 0 Å². The van der Waals surface area contributed by atoms with Gasteiger partial charge in [-0.1, -0.05) is 30.5 Å². The Balaban J connectivity index is 2.89. The minimum Gasteiger partial charge on any atom is -0.289 e. The van der Waals surface area contributed by atoms with E-state index in [1.807, 2.05) is 0 Å². The molecule has 0 N–H and O–H groups in total. The molecule has 0 spiro atoms. The summed E-state index contributed by atoms with van der Waals surface area (Å²) in [5, 5.41) is 0. The second-order valence-electron chi connectivity index (χ2n) is 2.47. The van der Waals surface area contributed by atoms with Gasteiger partial charge < -0.3 is 0 Å². The predicted octanol–water partition coefficient (Wildman–Crippen LogP) is 3.37. The smallest absolute Gasteiger partial charge is 0.288 e. The SMILES string of the molecule is C=CC(=O)c1cccc(SC(F)F)c1. The van der Waals surface area contributed by atoms with Crippen LogP contribution in [0, 0.1) is 0 Å². The first kappa shape index (κ1) is 10.9. The van der Waals surface area contributed by atoms with Crippen LogP contribution in [-0.4, -0.2) is 11.5 Å². The van der Waals surface area contributed by atoms with E-state index in [1.165, 1.54) is 12.1 Å². The summed E-state index contributed by atoms with van der Waals surface area (Å²) in [7, 11) is 0. The maximum Gasteiger partial charge on any atom is 0.288 e. The van der Waals surface area contributed by atoms with Crippen molar-refractivity contribution >= 4 is 17.5 Å². The summed E-state index contributed by atoms with van der Waals surface area (Å²) in [6.07, 6.45) is 1.16. The van der Waals surface area contributed by atoms with Crippen LogP contribution < -0.4 is 0 Å². The maximum absolute atomic E-state index is 12.0. The second-order valence-corrected chi connectivity index (χ2v) is 3.54. The summed E-state index contributed by atoms with van der Waals surface area (Å²) >= 11 is 0.421. The van der Waals surface area contributed by atoms with Crippen molar-refractivity contribution in [3.63, 3.8) is 0 Å². The summed E-state index contributed by atoms with van der Waals surface area (Å²) in [4.78, 5) is 11.5. The number of allylic oxidation sites excluding steroid dienone is 1. The van der Waals surface area contributed by atoms with Crippen molar-refractivity contribution in [3.05, 3.63) is 42.5 Å². The highest BCUT2D eigenvalue weighted by Gasteiger charge is 2.07. The fourth-order valence-electron chi connectivity index (χ4n) is 0.943. The van der Waals surface area contributed by atoms with Crippen LogP contribution in [0.4, 0.5) is 8.78 Å². The number of carbonyl (C=O) groups excluding carboxylic acids is 1. The number of ketones is 1. The third-order valence-corrected chi connectivity index (χ3v) is 2.23. The van der Waals surface area contributed by atoms with Gasteiger partial charge in [0.25, 0.3) is 5.76 Å². The van der Waals surface area contributed by atoms with Crippen molar-refractivity contribution in [2.75, 3.05) is 0 Å². The van der Waals surface area contributed by atoms with Crippen LogP contribution in [0.2, 0.25) is 0 Å². The zero-order valence-corrected chi connectivity index (χ0v) is 8.06. The van der Waals surface area contributed by atoms with Crippen LogP contribution in [0.1, 0.15) is 10.4 Å². The first-order valence-electron chi connectivity index (χ1n) is 3.85. The van der Waals surface area contributed by atoms with Crippen molar-refractivity contribution in [1.82, 2.24) is 0 Å². The lowest BCUT2D eigenvalue weighted by Crippen LogP contribution is -1.93. The lowest BCUT2D eigenvalue weighted by Gasteiger charge is -2.01. The second kappa shape index (κ2) is 4.91. The highest BCUT2D eigenvalue weighted by molar-refractivity contribution is 7.99. The lowest BCUT2D eigenvalue weighted by molar-refractivity contribution is 0.104. The number of carbonyl (C=O) groups is 1. The van der Waals surface area contributed by atoms with Gasteiger partial charge in [-0.25, -0.2) is 0 Å². The Labute approximate surface area is 84.8 Å². The van der Waals surface area contributed by atoms with Gasteiger partial charge in [0, 0.05) is 10.5 Å². The van der Waals surface area contributed by atoms with E-state index in [-0.39, 0.29) is 5.78 Å². The van der Waals surface area contributed by atoms with Gasteiger partial charge in [-0.3, -0.25) is 4.79 Å². The lowest BCUT2D eigenvalue weighted by atomic mass is 10.1. The molecule has 0 aliphatic carbocycles. The molecule has 4 heteroatoms. The molecular weight excluding hydrogens is 206 g/mol. The summed E-state index contributed by atoms with van der Waals surface area (Å²) in [6, 6.07) is 6.11. The summed E-state index contributed by atoms with van der Waals surface area (Å²) in [5.41, 5.74) is 0.380. The highest BCUT2D eigenvalue weighted by Crippen LogP contribution is 2.25. The molecule has 0 saturated heterocycles. The van der Waals surface area contributed by atoms with E-state index in [0.717, 1.165) is 6.08 Å². The quantitative estimate of drug-likeness (QED) is 0.434. The Morgan fingerprint density at radius 2 is 2.21 bits per heavy atom. The Hall–Kier alpha value is -1.16. The number of hydrogen-bond donors (Lipinski definition) is 0. The molecule has 74 valence electrons. The Bertz CT molecular complexity index is 350. The van der Waals surface area contributed by atoms with Crippen LogP contribution in [-0.2, 0) is 0 Å². The molecule has 1 aromatic rings. The van der Waals surface area contributed by atoms with E-state index in [9.17, 15) is 13.6 Å². The first-order chi connectivity index (χ1) is 6.63. The average Bonchev–Trinajstić information content (AvgIpc) is 2.16. The Morgan fingerprint density at radius 3 is 2.79 bits per heavy atom. The van der Waals surface area contributed by atoms with Crippen LogP contribution in [0.25, 0.3) is 0 Å². The van der Waals surface area contributed by atoms with Crippen molar-refractivity contribution < 1.29 is 13.6 Å².